The molecular weight excluding hydrogens is 148 g/mol. The number of nitroso groups, excluding NO2 is 1. The molecule has 0 amide bonds. The molecule has 5 nitrogen and oxygen atoms in total. The second-order valence-corrected chi connectivity index (χ2v) is 1.83. The van der Waals surface area contributed by atoms with Crippen LogP contribution < -0.4 is 0 Å². The SMILES string of the molecule is O=Nc1cncc(C(=O)O)c1. The molecule has 0 spiro atoms. The van der Waals surface area contributed by atoms with Crippen LogP contribution in [-0.4, -0.2) is 16.1 Å². The van der Waals surface area contributed by atoms with Crippen molar-refractivity contribution >= 4 is 11.7 Å². The van der Waals surface area contributed by atoms with Gasteiger partial charge in [-0.1, -0.05) is 0 Å². The molecule has 0 fully saturated rings. The Morgan fingerprint density at radius 1 is 1.55 bits per heavy atom. The molecule has 0 aliphatic rings. The largest absolute Gasteiger partial charge is 0.478 e. The molecule has 0 bridgehead atoms. The first kappa shape index (κ1) is 7.33. The van der Waals surface area contributed by atoms with Crippen molar-refractivity contribution in [3.05, 3.63) is 28.9 Å². The van der Waals surface area contributed by atoms with E-state index in [-0.39, 0.29) is 11.3 Å². The molecule has 0 unspecified atom stereocenters. The summed E-state index contributed by atoms with van der Waals surface area (Å²) in [7, 11) is 0. The fourth-order valence-corrected chi connectivity index (χ4v) is 0.595. The minimum atomic E-state index is -1.12. The van der Waals surface area contributed by atoms with Crippen molar-refractivity contribution in [3.63, 3.8) is 0 Å². The van der Waals surface area contributed by atoms with Crippen molar-refractivity contribution in [2.45, 2.75) is 0 Å². The summed E-state index contributed by atoms with van der Waals surface area (Å²) < 4.78 is 0. The Labute approximate surface area is 61.7 Å². The lowest BCUT2D eigenvalue weighted by Gasteiger charge is -1.91. The third-order valence-corrected chi connectivity index (χ3v) is 1.08. The van der Waals surface area contributed by atoms with Gasteiger partial charge in [-0.15, -0.1) is 4.91 Å². The van der Waals surface area contributed by atoms with E-state index in [0.717, 1.165) is 12.3 Å². The second-order valence-electron chi connectivity index (χ2n) is 1.83. The van der Waals surface area contributed by atoms with Gasteiger partial charge in [0.15, 0.2) is 0 Å². The highest BCUT2D eigenvalue weighted by molar-refractivity contribution is 5.88. The first-order chi connectivity index (χ1) is 5.24. The van der Waals surface area contributed by atoms with Gasteiger partial charge in [-0.2, -0.15) is 0 Å². The highest BCUT2D eigenvalue weighted by atomic mass is 16.4. The average Bonchev–Trinajstić information content (AvgIpc) is 2.05. The van der Waals surface area contributed by atoms with Crippen molar-refractivity contribution in [2.24, 2.45) is 5.18 Å². The van der Waals surface area contributed by atoms with Crippen molar-refractivity contribution in [2.75, 3.05) is 0 Å². The fraction of sp³-hybridized carbons (Fsp3) is 0. The molecule has 0 radical (unpaired) electrons. The molecule has 0 aliphatic heterocycles. The van der Waals surface area contributed by atoms with Gasteiger partial charge in [0, 0.05) is 6.20 Å². The summed E-state index contributed by atoms with van der Waals surface area (Å²) in [6.45, 7) is 0. The maximum absolute atomic E-state index is 10.3. The molecule has 1 N–H and O–H groups in total. The molecule has 11 heavy (non-hydrogen) atoms. The summed E-state index contributed by atoms with van der Waals surface area (Å²) in [4.78, 5) is 23.7. The summed E-state index contributed by atoms with van der Waals surface area (Å²) in [5.41, 5.74) is -0.0213. The lowest BCUT2D eigenvalue weighted by Crippen LogP contribution is -1.95. The first-order valence-corrected chi connectivity index (χ1v) is 2.76. The van der Waals surface area contributed by atoms with Crippen LogP contribution in [0.15, 0.2) is 23.6 Å². The Bertz CT molecular complexity index is 298. The number of hydrogen-bond acceptors (Lipinski definition) is 4. The van der Waals surface area contributed by atoms with E-state index in [1.807, 2.05) is 0 Å². The van der Waals surface area contributed by atoms with E-state index < -0.39 is 5.97 Å². The van der Waals surface area contributed by atoms with Gasteiger partial charge in [-0.25, -0.2) is 4.79 Å². The molecule has 1 aromatic heterocycles. The van der Waals surface area contributed by atoms with Gasteiger partial charge < -0.3 is 5.11 Å². The van der Waals surface area contributed by atoms with Crippen LogP contribution in [0.5, 0.6) is 0 Å². The number of hydrogen-bond donors (Lipinski definition) is 1. The van der Waals surface area contributed by atoms with Crippen LogP contribution in [0.2, 0.25) is 0 Å². The number of rotatable bonds is 2. The lowest BCUT2D eigenvalue weighted by atomic mass is 10.3. The van der Waals surface area contributed by atoms with Gasteiger partial charge in [0.2, 0.25) is 0 Å². The van der Waals surface area contributed by atoms with Crippen LogP contribution in [0.4, 0.5) is 5.69 Å². The molecule has 56 valence electrons. The predicted molar refractivity (Wildman–Crippen MR) is 36.7 cm³/mol. The highest BCUT2D eigenvalue weighted by Gasteiger charge is 2.03. The van der Waals surface area contributed by atoms with Gasteiger partial charge in [0.25, 0.3) is 0 Å². The Kier molecular flexibility index (Phi) is 1.91. The Hall–Kier alpha value is -1.78. The van der Waals surface area contributed by atoms with Crippen molar-refractivity contribution in [1.29, 1.82) is 0 Å². The Balaban J connectivity index is 3.10. The summed E-state index contributed by atoms with van der Waals surface area (Å²) in [5, 5.41) is 11.0. The zero-order chi connectivity index (χ0) is 8.27. The number of carbonyl (C=O) groups is 1. The van der Waals surface area contributed by atoms with Gasteiger partial charge in [-0.05, 0) is 11.2 Å². The Morgan fingerprint density at radius 2 is 2.27 bits per heavy atom. The molecule has 0 saturated carbocycles. The van der Waals surface area contributed by atoms with Gasteiger partial charge in [0.05, 0.1) is 11.8 Å². The van der Waals surface area contributed by atoms with E-state index in [4.69, 9.17) is 5.11 Å². The highest BCUT2D eigenvalue weighted by Crippen LogP contribution is 2.10. The van der Waals surface area contributed by atoms with Crippen LogP contribution in [-0.2, 0) is 0 Å². The summed E-state index contributed by atoms with van der Waals surface area (Å²) in [6.07, 6.45) is 2.34. The predicted octanol–water partition coefficient (Wildman–Crippen LogP) is 1.18. The zero-order valence-corrected chi connectivity index (χ0v) is 5.39. The molecular formula is C6H4N2O3. The molecule has 1 rings (SSSR count). The molecule has 0 aliphatic carbocycles. The topological polar surface area (TPSA) is 79.6 Å². The van der Waals surface area contributed by atoms with Crippen molar-refractivity contribution < 1.29 is 9.90 Å². The van der Waals surface area contributed by atoms with Gasteiger partial charge >= 0.3 is 5.97 Å². The molecule has 1 aromatic rings. The normalized spacial score (nSPS) is 9.09. The van der Waals surface area contributed by atoms with E-state index in [1.54, 1.807) is 0 Å². The number of carboxylic acids is 1. The number of nitrogens with zero attached hydrogens (tertiary/aromatic N) is 2. The van der Waals surface area contributed by atoms with Crippen molar-refractivity contribution in [1.82, 2.24) is 4.98 Å². The quantitative estimate of drug-likeness (QED) is 0.645. The molecule has 0 saturated heterocycles. The standard InChI is InChI=1S/C6H4N2O3/c9-6(10)4-1-5(8-11)3-7-2-4/h1-3H,(H,9,10). The number of aromatic carboxylic acids is 1. The number of pyridine rings is 1. The summed E-state index contributed by atoms with van der Waals surface area (Å²) in [6, 6.07) is 1.16. The third-order valence-electron chi connectivity index (χ3n) is 1.08. The third kappa shape index (κ3) is 1.57. The van der Waals surface area contributed by atoms with Crippen LogP contribution in [0.3, 0.4) is 0 Å². The summed E-state index contributed by atoms with van der Waals surface area (Å²) >= 11 is 0. The van der Waals surface area contributed by atoms with Crippen LogP contribution in [0, 0.1) is 4.91 Å². The smallest absolute Gasteiger partial charge is 0.337 e. The van der Waals surface area contributed by atoms with Crippen LogP contribution in [0.25, 0.3) is 0 Å². The molecule has 0 atom stereocenters. The Morgan fingerprint density at radius 3 is 2.82 bits per heavy atom. The second kappa shape index (κ2) is 2.87. The fourth-order valence-electron chi connectivity index (χ4n) is 0.595. The van der Waals surface area contributed by atoms with Gasteiger partial charge in [0.1, 0.15) is 5.69 Å². The monoisotopic (exact) mass is 152 g/mol. The van der Waals surface area contributed by atoms with Gasteiger partial charge in [-0.3, -0.25) is 4.98 Å². The minimum absolute atomic E-state index is 0.0184. The van der Waals surface area contributed by atoms with E-state index in [1.165, 1.54) is 6.20 Å². The molecule has 0 aromatic carbocycles. The zero-order valence-electron chi connectivity index (χ0n) is 5.39. The maximum Gasteiger partial charge on any atom is 0.337 e. The van der Waals surface area contributed by atoms with Crippen molar-refractivity contribution in [3.8, 4) is 0 Å². The van der Waals surface area contributed by atoms with Crippen LogP contribution in [0.1, 0.15) is 10.4 Å². The van der Waals surface area contributed by atoms with Crippen LogP contribution >= 0.6 is 0 Å². The van der Waals surface area contributed by atoms with E-state index in [2.05, 4.69) is 10.2 Å². The average molecular weight is 152 g/mol. The number of carboxylic acid groups (broad SMARTS) is 1. The lowest BCUT2D eigenvalue weighted by molar-refractivity contribution is 0.0696. The first-order valence-electron chi connectivity index (χ1n) is 2.76. The molecule has 1 heterocycles. The minimum Gasteiger partial charge on any atom is -0.478 e. The van der Waals surface area contributed by atoms with E-state index >= 15 is 0 Å². The maximum atomic E-state index is 10.3. The number of aromatic nitrogens is 1. The van der Waals surface area contributed by atoms with E-state index in [9.17, 15) is 9.70 Å². The summed E-state index contributed by atoms with van der Waals surface area (Å²) in [5.74, 6) is -1.12. The molecule has 5 heteroatoms. The van der Waals surface area contributed by atoms with E-state index in [0.29, 0.717) is 0 Å².